The topological polar surface area (TPSA) is 32.3 Å². The highest BCUT2D eigenvalue weighted by Crippen LogP contribution is 2.31. The summed E-state index contributed by atoms with van der Waals surface area (Å²) in [6.45, 7) is 8.63. The Morgan fingerprint density at radius 1 is 1.36 bits per heavy atom. The third-order valence-corrected chi connectivity index (χ3v) is 4.32. The van der Waals surface area contributed by atoms with Crippen LogP contribution in [0, 0.1) is 5.92 Å². The first-order valence-corrected chi connectivity index (χ1v) is 8.15. The van der Waals surface area contributed by atoms with E-state index >= 15 is 0 Å². The van der Waals surface area contributed by atoms with Crippen molar-refractivity contribution in [2.45, 2.75) is 33.7 Å². The van der Waals surface area contributed by atoms with Crippen molar-refractivity contribution in [3.8, 4) is 0 Å². The molecule has 0 radical (unpaired) electrons. The molecular weight excluding hydrogens is 316 g/mol. The molecule has 0 saturated heterocycles. The summed E-state index contributed by atoms with van der Waals surface area (Å²) < 4.78 is 0. The second-order valence-corrected chi connectivity index (χ2v) is 6.82. The average molecular weight is 337 g/mol. The summed E-state index contributed by atoms with van der Waals surface area (Å²) in [6, 6.07) is 7.30. The van der Waals surface area contributed by atoms with Crippen molar-refractivity contribution in [3.63, 3.8) is 0 Å². The van der Waals surface area contributed by atoms with Crippen LogP contribution in [0.3, 0.4) is 0 Å². The Labute approximate surface area is 142 Å². The van der Waals surface area contributed by atoms with Gasteiger partial charge in [0.2, 0.25) is 0 Å². The highest BCUT2D eigenvalue weighted by molar-refractivity contribution is 7.80. The number of hydrogen-bond donors (Lipinski definition) is 1. The van der Waals surface area contributed by atoms with Crippen molar-refractivity contribution in [3.05, 3.63) is 46.1 Å². The van der Waals surface area contributed by atoms with Crippen molar-refractivity contribution in [2.24, 2.45) is 5.92 Å². The molecule has 5 heteroatoms. The van der Waals surface area contributed by atoms with Crippen LogP contribution in [-0.2, 0) is 4.79 Å². The lowest BCUT2D eigenvalue weighted by Crippen LogP contribution is -2.48. The Hall–Kier alpha value is -1.39. The lowest BCUT2D eigenvalue weighted by Gasteiger charge is -2.38. The predicted molar refractivity (Wildman–Crippen MR) is 94.9 cm³/mol. The van der Waals surface area contributed by atoms with Crippen molar-refractivity contribution in [1.82, 2.24) is 10.2 Å². The molecule has 22 heavy (non-hydrogen) atoms. The van der Waals surface area contributed by atoms with Gasteiger partial charge in [-0.1, -0.05) is 37.6 Å². The smallest absolute Gasteiger partial charge is 0.173 e. The van der Waals surface area contributed by atoms with Crippen LogP contribution in [0.5, 0.6) is 0 Å². The van der Waals surface area contributed by atoms with Gasteiger partial charge >= 0.3 is 0 Å². The van der Waals surface area contributed by atoms with E-state index in [-0.39, 0.29) is 11.8 Å². The van der Waals surface area contributed by atoms with Crippen LogP contribution >= 0.6 is 23.8 Å². The maximum Gasteiger partial charge on any atom is 0.173 e. The molecule has 3 nitrogen and oxygen atoms in total. The molecule has 0 aromatic heterocycles. The maximum absolute atomic E-state index is 12.2. The Morgan fingerprint density at radius 3 is 2.45 bits per heavy atom. The zero-order valence-electron chi connectivity index (χ0n) is 13.3. The van der Waals surface area contributed by atoms with Crippen LogP contribution in [0.15, 0.2) is 35.5 Å². The highest BCUT2D eigenvalue weighted by Gasteiger charge is 2.32. The molecule has 1 atom stereocenters. The lowest BCUT2D eigenvalue weighted by atomic mass is 9.92. The number of nitrogens with zero attached hydrogens (tertiary/aromatic N) is 1. The summed E-state index contributed by atoms with van der Waals surface area (Å²) in [5.74, 6) is 0.510. The summed E-state index contributed by atoms with van der Waals surface area (Å²) in [7, 11) is 0. The minimum Gasteiger partial charge on any atom is -0.351 e. The Bertz CT molecular complexity index is 622. The summed E-state index contributed by atoms with van der Waals surface area (Å²) in [6.07, 6.45) is 0. The van der Waals surface area contributed by atoms with Crippen molar-refractivity contribution >= 4 is 34.7 Å². The molecule has 2 rings (SSSR count). The monoisotopic (exact) mass is 336 g/mol. The Morgan fingerprint density at radius 2 is 1.95 bits per heavy atom. The molecular formula is C17H21ClN2OS. The summed E-state index contributed by atoms with van der Waals surface area (Å²) in [5, 5.41) is 4.64. The maximum atomic E-state index is 12.2. The first-order valence-electron chi connectivity index (χ1n) is 7.36. The van der Waals surface area contributed by atoms with Crippen molar-refractivity contribution in [2.75, 3.05) is 6.54 Å². The molecule has 1 heterocycles. The summed E-state index contributed by atoms with van der Waals surface area (Å²) in [4.78, 5) is 14.2. The fourth-order valence-electron chi connectivity index (χ4n) is 2.73. The summed E-state index contributed by atoms with van der Waals surface area (Å²) >= 11 is 11.5. The van der Waals surface area contributed by atoms with Gasteiger partial charge in [0.1, 0.15) is 0 Å². The molecule has 0 spiro atoms. The first kappa shape index (κ1) is 17.0. The second kappa shape index (κ2) is 6.80. The molecule has 0 saturated carbocycles. The van der Waals surface area contributed by atoms with Crippen molar-refractivity contribution < 1.29 is 4.79 Å². The van der Waals surface area contributed by atoms with Crippen LogP contribution in [0.25, 0.3) is 0 Å². The molecule has 1 aromatic rings. The number of ketones is 1. The number of allylic oxidation sites excluding steroid dienone is 1. The number of hydrogen-bond acceptors (Lipinski definition) is 2. The number of halogens is 1. The van der Waals surface area contributed by atoms with Crippen LogP contribution in [0.4, 0.5) is 0 Å². The molecule has 0 bridgehead atoms. The number of Topliss-reactive ketones (excluding diaryl/α,β-unsaturated/α-hetero) is 1. The third-order valence-electron chi connectivity index (χ3n) is 3.73. The normalized spacial score (nSPS) is 18.7. The van der Waals surface area contributed by atoms with E-state index in [0.29, 0.717) is 16.1 Å². The molecule has 1 aliphatic heterocycles. The van der Waals surface area contributed by atoms with Gasteiger partial charge in [0.15, 0.2) is 10.9 Å². The van der Waals surface area contributed by atoms with Gasteiger partial charge in [0.25, 0.3) is 0 Å². The van der Waals surface area contributed by atoms with E-state index in [9.17, 15) is 4.79 Å². The first-order chi connectivity index (χ1) is 10.3. The van der Waals surface area contributed by atoms with Crippen LogP contribution < -0.4 is 5.32 Å². The minimum atomic E-state index is -0.217. The third kappa shape index (κ3) is 3.50. The zero-order chi connectivity index (χ0) is 16.4. The van der Waals surface area contributed by atoms with Gasteiger partial charge in [0.05, 0.1) is 6.04 Å². The van der Waals surface area contributed by atoms with E-state index in [4.69, 9.17) is 23.8 Å². The van der Waals surface area contributed by atoms with Gasteiger partial charge in [-0.15, -0.1) is 0 Å². The van der Waals surface area contributed by atoms with Crippen molar-refractivity contribution in [1.29, 1.82) is 0 Å². The van der Waals surface area contributed by atoms with E-state index in [2.05, 4.69) is 19.2 Å². The quantitative estimate of drug-likeness (QED) is 0.839. The summed E-state index contributed by atoms with van der Waals surface area (Å²) in [5.41, 5.74) is 2.68. The van der Waals surface area contributed by atoms with Gasteiger partial charge in [0, 0.05) is 22.8 Å². The second-order valence-electron chi connectivity index (χ2n) is 5.99. The standard InChI is InChI=1S/C17H21ClN2OS/c1-10(2)9-20-11(3)15(12(4)21)16(19-17(20)22)13-5-7-14(18)8-6-13/h5-8,10,16H,9H2,1-4H3,(H,19,22). The highest BCUT2D eigenvalue weighted by atomic mass is 35.5. The molecule has 0 aliphatic carbocycles. The van der Waals surface area contributed by atoms with E-state index < -0.39 is 0 Å². The number of carbonyl (C=O) groups excluding carboxylic acids is 1. The van der Waals surface area contributed by atoms with E-state index in [1.54, 1.807) is 6.92 Å². The average Bonchev–Trinajstić information content (AvgIpc) is 2.43. The number of thiocarbonyl (C=S) groups is 1. The van der Waals surface area contributed by atoms with Crippen LogP contribution in [0.1, 0.15) is 39.3 Å². The largest absolute Gasteiger partial charge is 0.351 e. The molecule has 1 aliphatic rings. The van der Waals surface area contributed by atoms with Gasteiger partial charge < -0.3 is 10.2 Å². The fourth-order valence-corrected chi connectivity index (χ4v) is 3.18. The minimum absolute atomic E-state index is 0.0567. The van der Waals surface area contributed by atoms with Gasteiger partial charge in [-0.2, -0.15) is 0 Å². The Kier molecular flexibility index (Phi) is 5.24. The van der Waals surface area contributed by atoms with E-state index in [1.807, 2.05) is 36.1 Å². The van der Waals surface area contributed by atoms with Crippen LogP contribution in [0.2, 0.25) is 5.02 Å². The van der Waals surface area contributed by atoms with Gasteiger partial charge in [-0.05, 0) is 49.7 Å². The molecule has 1 aromatic carbocycles. The lowest BCUT2D eigenvalue weighted by molar-refractivity contribution is -0.114. The fraction of sp³-hybridized carbons (Fsp3) is 0.412. The zero-order valence-corrected chi connectivity index (χ0v) is 14.9. The number of rotatable bonds is 4. The van der Waals surface area contributed by atoms with E-state index in [0.717, 1.165) is 23.4 Å². The van der Waals surface area contributed by atoms with Gasteiger partial charge in [-0.3, -0.25) is 4.79 Å². The molecule has 1 N–H and O–H groups in total. The van der Waals surface area contributed by atoms with E-state index in [1.165, 1.54) is 0 Å². The number of nitrogens with one attached hydrogen (secondary N) is 1. The van der Waals surface area contributed by atoms with Gasteiger partial charge in [-0.25, -0.2) is 0 Å². The Balaban J connectivity index is 2.47. The van der Waals surface area contributed by atoms with Crippen LogP contribution in [-0.4, -0.2) is 22.3 Å². The SMILES string of the molecule is CC(=O)C1=C(C)N(CC(C)C)C(=S)NC1c1ccc(Cl)cc1. The molecule has 118 valence electrons. The predicted octanol–water partition coefficient (Wildman–Crippen LogP) is 4.09. The molecule has 1 unspecified atom stereocenters. The molecule has 0 fully saturated rings. The molecule has 0 amide bonds. The number of carbonyl (C=O) groups is 1. The number of benzene rings is 1.